The van der Waals surface area contributed by atoms with E-state index >= 15 is 0 Å². The van der Waals surface area contributed by atoms with Gasteiger partial charge in [-0.05, 0) is 17.7 Å². The van der Waals surface area contributed by atoms with Crippen molar-refractivity contribution in [3.05, 3.63) is 53.9 Å². The van der Waals surface area contributed by atoms with Gasteiger partial charge in [-0.3, -0.25) is 15.2 Å². The summed E-state index contributed by atoms with van der Waals surface area (Å²) in [6.07, 6.45) is 2.32. The van der Waals surface area contributed by atoms with Gasteiger partial charge in [-0.1, -0.05) is 24.3 Å². The molecular formula is C16H15N5O. The molecule has 1 aliphatic heterocycles. The molecule has 1 atom stereocenters. The summed E-state index contributed by atoms with van der Waals surface area (Å²) in [5, 5.41) is 14.5. The highest BCUT2D eigenvalue weighted by atomic mass is 16.2. The number of benzene rings is 1. The number of para-hydroxylation sites is 1. The van der Waals surface area contributed by atoms with Crippen molar-refractivity contribution in [3.63, 3.8) is 0 Å². The van der Waals surface area contributed by atoms with Crippen LogP contribution >= 0.6 is 0 Å². The number of H-pyrrole nitrogens is 1. The predicted octanol–water partition coefficient (Wildman–Crippen LogP) is 1.61. The van der Waals surface area contributed by atoms with Gasteiger partial charge in [0.1, 0.15) is 5.82 Å². The van der Waals surface area contributed by atoms with Crippen LogP contribution < -0.4 is 10.6 Å². The van der Waals surface area contributed by atoms with E-state index in [9.17, 15) is 4.79 Å². The molecule has 110 valence electrons. The molecule has 2 aromatic heterocycles. The highest BCUT2D eigenvalue weighted by molar-refractivity contribution is 5.97. The van der Waals surface area contributed by atoms with Gasteiger partial charge in [-0.2, -0.15) is 5.10 Å². The molecule has 1 amide bonds. The fraction of sp³-hybridized carbons (Fsp3) is 0.188. The fourth-order valence-electron chi connectivity index (χ4n) is 2.77. The number of aromatic nitrogens is 3. The van der Waals surface area contributed by atoms with E-state index in [0.29, 0.717) is 18.8 Å². The first-order chi connectivity index (χ1) is 10.8. The van der Waals surface area contributed by atoms with Crippen molar-refractivity contribution in [3.8, 4) is 0 Å². The SMILES string of the molecule is O=C1Nc2ncccc2C[C@H]1NCc1[nH]nc2ccccc12. The molecule has 0 saturated carbocycles. The lowest BCUT2D eigenvalue weighted by atomic mass is 10.0. The maximum absolute atomic E-state index is 12.1. The van der Waals surface area contributed by atoms with Crippen LogP contribution in [0.1, 0.15) is 11.3 Å². The average Bonchev–Trinajstić information content (AvgIpc) is 2.96. The fourth-order valence-corrected chi connectivity index (χ4v) is 2.77. The normalized spacial score (nSPS) is 17.3. The number of hydrogen-bond acceptors (Lipinski definition) is 4. The summed E-state index contributed by atoms with van der Waals surface area (Å²) in [5.41, 5.74) is 2.97. The topological polar surface area (TPSA) is 82.7 Å². The molecule has 1 aliphatic rings. The molecule has 3 aromatic rings. The summed E-state index contributed by atoms with van der Waals surface area (Å²) in [5.74, 6) is 0.618. The second-order valence-electron chi connectivity index (χ2n) is 5.36. The first kappa shape index (κ1) is 13.0. The maximum atomic E-state index is 12.1. The first-order valence-electron chi connectivity index (χ1n) is 7.21. The second kappa shape index (κ2) is 5.23. The molecule has 0 aliphatic carbocycles. The number of hydrogen-bond donors (Lipinski definition) is 3. The Hall–Kier alpha value is -2.73. The Labute approximate surface area is 127 Å². The van der Waals surface area contributed by atoms with Crippen LogP contribution in [0.3, 0.4) is 0 Å². The van der Waals surface area contributed by atoms with Gasteiger partial charge in [0.05, 0.1) is 17.3 Å². The van der Waals surface area contributed by atoms with Crippen LogP contribution in [0.25, 0.3) is 10.9 Å². The van der Waals surface area contributed by atoms with E-state index in [1.807, 2.05) is 36.4 Å². The third-order valence-corrected chi connectivity index (χ3v) is 3.94. The molecule has 0 unspecified atom stereocenters. The number of nitrogens with zero attached hydrogens (tertiary/aromatic N) is 2. The molecule has 0 radical (unpaired) electrons. The number of amides is 1. The van der Waals surface area contributed by atoms with Gasteiger partial charge in [0.25, 0.3) is 0 Å². The zero-order valence-electron chi connectivity index (χ0n) is 11.8. The molecule has 3 N–H and O–H groups in total. The summed E-state index contributed by atoms with van der Waals surface area (Å²) in [6, 6.07) is 11.5. The molecule has 3 heterocycles. The summed E-state index contributed by atoms with van der Waals surface area (Å²) >= 11 is 0. The number of rotatable bonds is 3. The molecule has 4 rings (SSSR count). The number of nitrogens with one attached hydrogen (secondary N) is 3. The Morgan fingerprint density at radius 2 is 2.14 bits per heavy atom. The Morgan fingerprint density at radius 1 is 1.23 bits per heavy atom. The van der Waals surface area contributed by atoms with Gasteiger partial charge in [0, 0.05) is 24.5 Å². The summed E-state index contributed by atoms with van der Waals surface area (Å²) < 4.78 is 0. The van der Waals surface area contributed by atoms with E-state index in [2.05, 4.69) is 25.8 Å². The summed E-state index contributed by atoms with van der Waals surface area (Å²) in [6.45, 7) is 0.564. The monoisotopic (exact) mass is 293 g/mol. The Morgan fingerprint density at radius 3 is 3.09 bits per heavy atom. The van der Waals surface area contributed by atoms with Crippen molar-refractivity contribution in [2.45, 2.75) is 19.0 Å². The van der Waals surface area contributed by atoms with E-state index in [0.717, 1.165) is 22.2 Å². The quantitative estimate of drug-likeness (QED) is 0.685. The van der Waals surface area contributed by atoms with Crippen molar-refractivity contribution < 1.29 is 4.79 Å². The summed E-state index contributed by atoms with van der Waals surface area (Å²) in [7, 11) is 0. The highest BCUT2D eigenvalue weighted by Gasteiger charge is 2.26. The van der Waals surface area contributed by atoms with Crippen LogP contribution in [-0.2, 0) is 17.8 Å². The molecular weight excluding hydrogens is 278 g/mol. The van der Waals surface area contributed by atoms with E-state index in [1.165, 1.54) is 0 Å². The lowest BCUT2D eigenvalue weighted by Gasteiger charge is -2.24. The lowest BCUT2D eigenvalue weighted by molar-refractivity contribution is -0.118. The number of carbonyl (C=O) groups is 1. The van der Waals surface area contributed by atoms with Crippen LogP contribution in [0.5, 0.6) is 0 Å². The smallest absolute Gasteiger partial charge is 0.243 e. The van der Waals surface area contributed by atoms with Crippen LogP contribution in [0.15, 0.2) is 42.6 Å². The van der Waals surface area contributed by atoms with Gasteiger partial charge in [0.2, 0.25) is 5.91 Å². The number of pyridine rings is 1. The van der Waals surface area contributed by atoms with Crippen molar-refractivity contribution >= 4 is 22.6 Å². The number of carbonyl (C=O) groups excluding carboxylic acids is 1. The second-order valence-corrected chi connectivity index (χ2v) is 5.36. The van der Waals surface area contributed by atoms with Gasteiger partial charge in [-0.25, -0.2) is 4.98 Å². The highest BCUT2D eigenvalue weighted by Crippen LogP contribution is 2.20. The maximum Gasteiger partial charge on any atom is 0.243 e. The largest absolute Gasteiger partial charge is 0.309 e. The van der Waals surface area contributed by atoms with Gasteiger partial charge in [-0.15, -0.1) is 0 Å². The standard InChI is InChI=1S/C16H15N5O/c22-16-13(8-10-4-3-7-17-15(10)19-16)18-9-14-11-5-1-2-6-12(11)20-21-14/h1-7,13,18H,8-9H2,(H,20,21)(H,17,19,22)/t13-/m1/s1. The minimum atomic E-state index is -0.265. The van der Waals surface area contributed by atoms with Crippen LogP contribution in [-0.4, -0.2) is 27.1 Å². The van der Waals surface area contributed by atoms with Gasteiger partial charge >= 0.3 is 0 Å². The van der Waals surface area contributed by atoms with Gasteiger partial charge in [0.15, 0.2) is 0 Å². The van der Waals surface area contributed by atoms with E-state index in [-0.39, 0.29) is 11.9 Å². The molecule has 6 nitrogen and oxygen atoms in total. The van der Waals surface area contributed by atoms with Crippen LogP contribution in [0.4, 0.5) is 5.82 Å². The molecule has 0 saturated heterocycles. The number of aromatic amines is 1. The minimum absolute atomic E-state index is 0.0463. The molecule has 0 bridgehead atoms. The predicted molar refractivity (Wildman–Crippen MR) is 83.3 cm³/mol. The molecule has 22 heavy (non-hydrogen) atoms. The zero-order valence-corrected chi connectivity index (χ0v) is 11.8. The minimum Gasteiger partial charge on any atom is -0.309 e. The average molecular weight is 293 g/mol. The molecule has 0 spiro atoms. The first-order valence-corrected chi connectivity index (χ1v) is 7.21. The summed E-state index contributed by atoms with van der Waals surface area (Å²) in [4.78, 5) is 16.3. The molecule has 6 heteroatoms. The lowest BCUT2D eigenvalue weighted by Crippen LogP contribution is -2.45. The Balaban J connectivity index is 1.51. The number of anilines is 1. The van der Waals surface area contributed by atoms with E-state index in [4.69, 9.17) is 0 Å². The van der Waals surface area contributed by atoms with Crippen molar-refractivity contribution in [2.75, 3.05) is 5.32 Å². The number of fused-ring (bicyclic) bond motifs is 2. The van der Waals surface area contributed by atoms with E-state index in [1.54, 1.807) is 6.20 Å². The van der Waals surface area contributed by atoms with E-state index < -0.39 is 0 Å². The van der Waals surface area contributed by atoms with Crippen molar-refractivity contribution in [1.29, 1.82) is 0 Å². The third-order valence-electron chi connectivity index (χ3n) is 3.94. The Bertz CT molecular complexity index is 841. The van der Waals surface area contributed by atoms with Crippen molar-refractivity contribution in [2.24, 2.45) is 0 Å². The zero-order chi connectivity index (χ0) is 14.9. The third kappa shape index (κ3) is 2.23. The Kier molecular flexibility index (Phi) is 3.08. The van der Waals surface area contributed by atoms with Crippen LogP contribution in [0, 0.1) is 0 Å². The molecule has 1 aromatic carbocycles. The van der Waals surface area contributed by atoms with Crippen LogP contribution in [0.2, 0.25) is 0 Å². The molecule has 0 fully saturated rings. The van der Waals surface area contributed by atoms with Crippen molar-refractivity contribution in [1.82, 2.24) is 20.5 Å². The van der Waals surface area contributed by atoms with Gasteiger partial charge < -0.3 is 5.32 Å².